The number of hydrogen-bond donors (Lipinski definition) is 6. The Balaban J connectivity index is 0.000000310. The van der Waals surface area contributed by atoms with Crippen molar-refractivity contribution in [2.75, 3.05) is 14.1 Å². The molecule has 2 heterocycles. The van der Waals surface area contributed by atoms with Crippen molar-refractivity contribution in [2.24, 2.45) is 20.5 Å². The number of nitrogens with zero attached hydrogens (tertiary/aromatic N) is 10. The van der Waals surface area contributed by atoms with Crippen LogP contribution in [0.15, 0.2) is 115 Å². The Hall–Kier alpha value is -5.97. The Morgan fingerprint density at radius 3 is 1.30 bits per heavy atom. The molecule has 6 N–H and O–H groups in total. The number of phenolic OH excluding ortho intramolecular Hbond substituents is 2. The van der Waals surface area contributed by atoms with Gasteiger partial charge in [0.15, 0.2) is 11.4 Å². The van der Waals surface area contributed by atoms with Crippen molar-refractivity contribution in [1.82, 2.24) is 29.0 Å². The van der Waals surface area contributed by atoms with Crippen molar-refractivity contribution in [3.8, 4) is 46.8 Å². The Labute approximate surface area is 376 Å². The molecule has 0 aliphatic heterocycles. The third kappa shape index (κ3) is 10.8. The van der Waals surface area contributed by atoms with Crippen LogP contribution in [0.2, 0.25) is 0 Å². The van der Waals surface area contributed by atoms with E-state index in [1.807, 2.05) is 12.1 Å². The van der Waals surface area contributed by atoms with E-state index in [-0.39, 0.29) is 103 Å². The number of nitrogens with one attached hydrogen (secondary N) is 2. The van der Waals surface area contributed by atoms with Gasteiger partial charge in [0.05, 0.1) is 55.8 Å². The quantitative estimate of drug-likeness (QED) is 0.0854. The van der Waals surface area contributed by atoms with Gasteiger partial charge >= 0.3 is 29.6 Å². The molecule has 60 heavy (non-hydrogen) atoms. The number of aromatic nitrogens is 4. The molecule has 0 saturated heterocycles. The van der Waals surface area contributed by atoms with Gasteiger partial charge < -0.3 is 20.4 Å². The Morgan fingerprint density at radius 1 is 0.600 bits per heavy atom. The van der Waals surface area contributed by atoms with Crippen molar-refractivity contribution < 1.29 is 84.2 Å². The summed E-state index contributed by atoms with van der Waals surface area (Å²) in [6, 6.07) is 24.1. The minimum absolute atomic E-state index is 0. The second-order valence-corrected chi connectivity index (χ2v) is 15.6. The molecule has 0 unspecified atom stereocenters. The summed E-state index contributed by atoms with van der Waals surface area (Å²) < 4.78 is 54.4. The molecule has 0 radical (unpaired) electrons. The number of phenols is 2. The summed E-state index contributed by atoms with van der Waals surface area (Å²) in [7, 11) is -4.93. The van der Waals surface area contributed by atoms with Crippen LogP contribution in [0.5, 0.6) is 23.3 Å². The molecule has 6 aromatic rings. The maximum Gasteiger partial charge on any atom is 1.00 e. The Kier molecular flexibility index (Phi) is 16.4. The van der Waals surface area contributed by atoms with E-state index in [0.29, 0.717) is 33.9 Å². The predicted octanol–water partition coefficient (Wildman–Crippen LogP) is 2.58. The number of hydrogen-bond acceptors (Lipinski definition) is 16. The molecule has 6 rings (SSSR count). The summed E-state index contributed by atoms with van der Waals surface area (Å²) in [4.78, 5) is -0.201. The molecule has 24 heteroatoms. The monoisotopic (exact) mass is 899 g/mol. The molecule has 0 aliphatic carbocycles. The van der Waals surface area contributed by atoms with Crippen LogP contribution in [0.3, 0.4) is 0 Å². The van der Waals surface area contributed by atoms with Crippen LogP contribution in [0.1, 0.15) is 22.5 Å². The van der Waals surface area contributed by atoms with E-state index in [9.17, 15) is 37.3 Å². The maximum atomic E-state index is 11.9. The number of aromatic hydroxyl groups is 4. The molecule has 2 aromatic heterocycles. The minimum atomic E-state index is -3.73. The first-order chi connectivity index (χ1) is 27.5. The van der Waals surface area contributed by atoms with E-state index in [4.69, 9.17) is 10.5 Å². The smallest absolute Gasteiger partial charge is 0.506 e. The van der Waals surface area contributed by atoms with Crippen molar-refractivity contribution in [3.05, 3.63) is 107 Å². The molecule has 20 nitrogen and oxygen atoms in total. The van der Waals surface area contributed by atoms with E-state index in [2.05, 4.69) is 40.1 Å². The molecular weight excluding hydrogens is 868 g/mol. The number of rotatable bonds is 10. The normalized spacial score (nSPS) is 11.2. The minimum Gasteiger partial charge on any atom is -0.506 e. The van der Waals surface area contributed by atoms with E-state index >= 15 is 0 Å². The van der Waals surface area contributed by atoms with Crippen LogP contribution in [-0.2, 0) is 37.4 Å². The number of nitriles is 2. The fraction of sp³-hybridized carbons (Fsp3) is 0.111. The summed E-state index contributed by atoms with van der Waals surface area (Å²) in [5.41, 5.74) is 2.25. The van der Waals surface area contributed by atoms with Crippen molar-refractivity contribution >= 4 is 42.8 Å². The van der Waals surface area contributed by atoms with Crippen molar-refractivity contribution in [1.29, 1.82) is 10.5 Å². The fourth-order valence-electron chi connectivity index (χ4n) is 4.97. The van der Waals surface area contributed by atoms with Gasteiger partial charge in [0.25, 0.3) is 0 Å². The summed E-state index contributed by atoms with van der Waals surface area (Å²) in [6.07, 6.45) is 0. The van der Waals surface area contributed by atoms with Gasteiger partial charge in [-0.1, -0.05) is 12.1 Å². The van der Waals surface area contributed by atoms with Crippen LogP contribution in [0.25, 0.3) is 11.4 Å². The molecular formula is C36H32CrN12NaO8S2+. The molecule has 0 fully saturated rings. The molecule has 302 valence electrons. The molecule has 0 saturated carbocycles. The van der Waals surface area contributed by atoms with Crippen molar-refractivity contribution in [3.63, 3.8) is 0 Å². The Morgan fingerprint density at radius 2 is 0.967 bits per heavy atom. The van der Waals surface area contributed by atoms with Crippen LogP contribution in [0, 0.1) is 36.5 Å². The zero-order chi connectivity index (χ0) is 42.4. The summed E-state index contributed by atoms with van der Waals surface area (Å²) in [6.45, 7) is 3.20. The molecule has 0 spiro atoms. The maximum absolute atomic E-state index is 11.9. The zero-order valence-electron chi connectivity index (χ0n) is 32.2. The first kappa shape index (κ1) is 48.4. The SMILES string of the molecule is CNS(=O)(=O)c1ccc(O)c(N=Nc2c(C)nn(-c3cccc(C#N)c3)c2O)c1.CNS(=O)(=O)c1ccc(O)c(N=Nc2c(C)nn(-c3cccc(C#N)c3)c2O)c1.[Cr].[Na+]. The van der Waals surface area contributed by atoms with Gasteiger partial charge in [0.1, 0.15) is 22.9 Å². The summed E-state index contributed by atoms with van der Waals surface area (Å²) in [5, 5.41) is 82.9. The number of sulfonamides is 2. The van der Waals surface area contributed by atoms with Gasteiger partial charge in [-0.25, -0.2) is 26.3 Å². The molecule has 0 amide bonds. The zero-order valence-corrected chi connectivity index (χ0v) is 37.1. The van der Waals surface area contributed by atoms with Gasteiger partial charge in [-0.05, 0) is 101 Å². The standard InChI is InChI=1S/2C18H16N6O4S.Cr.Na/c2*1-11-17(18(26)24(23-11)13-5-3-4-12(8-13)10-19)22-21-15-9-14(6-7-16(15)25)29(27,28)20-2;;/h2*3-9,20,25-26H,1-2H3;;/q;;;+1. The van der Waals surface area contributed by atoms with Gasteiger partial charge in [-0.3, -0.25) is 0 Å². The molecule has 4 aromatic carbocycles. The molecule has 0 aliphatic rings. The number of azo groups is 2. The second kappa shape index (κ2) is 20.3. The van der Waals surface area contributed by atoms with E-state index in [0.717, 1.165) is 12.1 Å². The number of aryl methyl sites for hydroxylation is 2. The largest absolute Gasteiger partial charge is 1.00 e. The first-order valence-corrected chi connectivity index (χ1v) is 19.4. The van der Waals surface area contributed by atoms with E-state index in [1.165, 1.54) is 47.7 Å². The second-order valence-electron chi connectivity index (χ2n) is 11.8. The van der Waals surface area contributed by atoms with Gasteiger partial charge in [0, 0.05) is 17.4 Å². The molecule has 0 bridgehead atoms. The van der Waals surface area contributed by atoms with E-state index in [1.54, 1.807) is 62.4 Å². The number of benzene rings is 4. The average Bonchev–Trinajstić information content (AvgIpc) is 3.68. The van der Waals surface area contributed by atoms with Gasteiger partial charge in [-0.15, -0.1) is 20.5 Å². The fourth-order valence-corrected chi connectivity index (χ4v) is 6.47. The van der Waals surface area contributed by atoms with Crippen LogP contribution >= 0.6 is 0 Å². The van der Waals surface area contributed by atoms with Crippen LogP contribution in [-0.4, -0.2) is 70.9 Å². The molecule has 0 atom stereocenters. The summed E-state index contributed by atoms with van der Waals surface area (Å²) >= 11 is 0. The topological polar surface area (TPSA) is 306 Å². The first-order valence-electron chi connectivity index (χ1n) is 16.5. The van der Waals surface area contributed by atoms with Gasteiger partial charge in [0.2, 0.25) is 31.8 Å². The summed E-state index contributed by atoms with van der Waals surface area (Å²) in [5.74, 6) is -1.20. The van der Waals surface area contributed by atoms with E-state index < -0.39 is 20.0 Å². The van der Waals surface area contributed by atoms with Crippen LogP contribution < -0.4 is 39.0 Å². The Bertz CT molecular complexity index is 2730. The third-order valence-electron chi connectivity index (χ3n) is 8.02. The van der Waals surface area contributed by atoms with Crippen LogP contribution in [0.4, 0.5) is 22.7 Å². The van der Waals surface area contributed by atoms with Crippen molar-refractivity contribution in [2.45, 2.75) is 23.6 Å². The average molecular weight is 900 g/mol. The third-order valence-corrected chi connectivity index (χ3v) is 10.8. The van der Waals surface area contributed by atoms with Gasteiger partial charge in [-0.2, -0.15) is 30.1 Å². The predicted molar refractivity (Wildman–Crippen MR) is 206 cm³/mol.